The Morgan fingerprint density at radius 1 is 0.852 bits per heavy atom. The van der Waals surface area contributed by atoms with Crippen LogP contribution < -0.4 is 0 Å². The molecule has 1 rings (SSSR count). The van der Waals surface area contributed by atoms with Crippen molar-refractivity contribution in [1.29, 1.82) is 0 Å². The first-order valence-corrected chi connectivity index (χ1v) is 8.45. The van der Waals surface area contributed by atoms with Crippen LogP contribution in [-0.2, 0) is 19.0 Å². The first-order chi connectivity index (χ1) is 12.3. The molecule has 0 N–H and O–H groups in total. The van der Waals surface area contributed by atoms with E-state index >= 15 is 0 Å². The van der Waals surface area contributed by atoms with Crippen LogP contribution in [0.3, 0.4) is 0 Å². The molecule has 2 amide bonds. The minimum atomic E-state index is -1.04. The minimum Gasteiger partial charge on any atom is -0.464 e. The van der Waals surface area contributed by atoms with Gasteiger partial charge >= 0.3 is 18.2 Å². The number of hydrogen-bond acceptors (Lipinski definition) is 6. The van der Waals surface area contributed by atoms with E-state index in [1.165, 1.54) is 6.08 Å². The average molecular weight is 377 g/mol. The SMILES string of the molecule is COC(=O)C(=Cc1ccccc1)N(C(=O)OC(C)(C)C)C(=O)OC(C)(C)C. The lowest BCUT2D eigenvalue weighted by Gasteiger charge is -2.29. The fraction of sp³-hybridized carbons (Fsp3) is 0.450. The molecule has 0 radical (unpaired) electrons. The summed E-state index contributed by atoms with van der Waals surface area (Å²) < 4.78 is 15.3. The first-order valence-electron chi connectivity index (χ1n) is 8.45. The van der Waals surface area contributed by atoms with Gasteiger partial charge in [0.25, 0.3) is 0 Å². The lowest BCUT2D eigenvalue weighted by Crippen LogP contribution is -2.44. The molecular formula is C20H27NO6. The summed E-state index contributed by atoms with van der Waals surface area (Å²) in [6.07, 6.45) is -0.715. The van der Waals surface area contributed by atoms with Crippen LogP contribution in [0, 0.1) is 0 Å². The molecule has 1 aromatic carbocycles. The molecule has 7 nitrogen and oxygen atoms in total. The first kappa shape index (κ1) is 22.2. The topological polar surface area (TPSA) is 82.1 Å². The third-order valence-corrected chi connectivity index (χ3v) is 2.89. The van der Waals surface area contributed by atoms with Gasteiger partial charge in [-0.1, -0.05) is 30.3 Å². The summed E-state index contributed by atoms with van der Waals surface area (Å²) in [5.74, 6) is -0.879. The summed E-state index contributed by atoms with van der Waals surface area (Å²) in [5, 5.41) is 0. The zero-order valence-electron chi connectivity index (χ0n) is 16.9. The van der Waals surface area contributed by atoms with E-state index in [0.717, 1.165) is 7.11 Å². The maximum absolute atomic E-state index is 12.7. The molecule has 0 aliphatic heterocycles. The zero-order chi connectivity index (χ0) is 20.8. The number of carbonyl (C=O) groups excluding carboxylic acids is 3. The Labute approximate surface area is 159 Å². The van der Waals surface area contributed by atoms with Crippen LogP contribution in [0.1, 0.15) is 47.1 Å². The summed E-state index contributed by atoms with van der Waals surface area (Å²) in [5.41, 5.74) is -1.49. The fourth-order valence-electron chi connectivity index (χ4n) is 1.91. The van der Waals surface area contributed by atoms with Gasteiger partial charge in [0.1, 0.15) is 16.9 Å². The Morgan fingerprint density at radius 2 is 1.30 bits per heavy atom. The smallest absolute Gasteiger partial charge is 0.424 e. The highest BCUT2D eigenvalue weighted by Crippen LogP contribution is 2.21. The highest BCUT2D eigenvalue weighted by Gasteiger charge is 2.37. The van der Waals surface area contributed by atoms with Crippen molar-refractivity contribution in [3.8, 4) is 0 Å². The predicted octanol–water partition coefficient (Wildman–Crippen LogP) is 4.37. The van der Waals surface area contributed by atoms with Gasteiger partial charge in [-0.25, -0.2) is 14.4 Å². The number of ether oxygens (including phenoxy) is 3. The van der Waals surface area contributed by atoms with Crippen molar-refractivity contribution in [2.75, 3.05) is 7.11 Å². The average Bonchev–Trinajstić information content (AvgIpc) is 2.51. The standard InChI is InChI=1S/C20H27NO6/c1-19(2,3)26-17(23)21(18(24)27-20(4,5)6)15(16(22)25-7)13-14-11-9-8-10-12-14/h8-13H,1-7H3. The molecule has 0 aliphatic rings. The van der Waals surface area contributed by atoms with Crippen LogP contribution in [0.5, 0.6) is 0 Å². The Hall–Kier alpha value is -2.83. The van der Waals surface area contributed by atoms with Crippen LogP contribution >= 0.6 is 0 Å². The second-order valence-corrected chi connectivity index (χ2v) is 7.73. The van der Waals surface area contributed by atoms with Crippen molar-refractivity contribution in [2.45, 2.75) is 52.7 Å². The molecular weight excluding hydrogens is 350 g/mol. The number of benzene rings is 1. The molecule has 0 spiro atoms. The maximum Gasteiger partial charge on any atom is 0.424 e. The summed E-state index contributed by atoms with van der Waals surface area (Å²) >= 11 is 0. The summed E-state index contributed by atoms with van der Waals surface area (Å²) in [6.45, 7) is 9.90. The van der Waals surface area contributed by atoms with Crippen LogP contribution in [0.2, 0.25) is 0 Å². The molecule has 27 heavy (non-hydrogen) atoms. The van der Waals surface area contributed by atoms with Gasteiger partial charge in [0.05, 0.1) is 7.11 Å². The molecule has 0 aliphatic carbocycles. The zero-order valence-corrected chi connectivity index (χ0v) is 16.9. The Morgan fingerprint density at radius 3 is 1.67 bits per heavy atom. The monoisotopic (exact) mass is 377 g/mol. The van der Waals surface area contributed by atoms with Gasteiger partial charge in [-0.2, -0.15) is 4.90 Å². The Bertz CT molecular complexity index is 682. The normalized spacial score (nSPS) is 12.2. The van der Waals surface area contributed by atoms with Crippen LogP contribution in [0.4, 0.5) is 9.59 Å². The second-order valence-electron chi connectivity index (χ2n) is 7.73. The lowest BCUT2D eigenvalue weighted by molar-refractivity contribution is -0.137. The van der Waals surface area contributed by atoms with E-state index in [4.69, 9.17) is 14.2 Å². The lowest BCUT2D eigenvalue weighted by atomic mass is 10.2. The van der Waals surface area contributed by atoms with E-state index < -0.39 is 29.4 Å². The van der Waals surface area contributed by atoms with Crippen molar-refractivity contribution in [3.63, 3.8) is 0 Å². The van der Waals surface area contributed by atoms with Gasteiger partial charge in [0, 0.05) is 0 Å². The summed E-state index contributed by atoms with van der Waals surface area (Å²) in [6, 6.07) is 8.74. The van der Waals surface area contributed by atoms with Gasteiger partial charge in [-0.3, -0.25) is 0 Å². The van der Waals surface area contributed by atoms with E-state index in [1.807, 2.05) is 0 Å². The molecule has 7 heteroatoms. The molecule has 0 bridgehead atoms. The van der Waals surface area contributed by atoms with Crippen molar-refractivity contribution >= 4 is 24.2 Å². The Kier molecular flexibility index (Phi) is 7.16. The van der Waals surface area contributed by atoms with E-state index in [0.29, 0.717) is 10.5 Å². The van der Waals surface area contributed by atoms with Gasteiger partial charge < -0.3 is 14.2 Å². The second kappa shape index (κ2) is 8.70. The van der Waals surface area contributed by atoms with E-state index in [9.17, 15) is 14.4 Å². The molecule has 0 saturated heterocycles. The summed E-state index contributed by atoms with van der Waals surface area (Å²) in [4.78, 5) is 38.3. The molecule has 0 unspecified atom stereocenters. The highest BCUT2D eigenvalue weighted by atomic mass is 16.6. The molecule has 0 saturated carbocycles. The quantitative estimate of drug-likeness (QED) is 0.442. The van der Waals surface area contributed by atoms with Gasteiger partial charge in [-0.15, -0.1) is 0 Å². The number of imide groups is 1. The van der Waals surface area contributed by atoms with Crippen LogP contribution in [-0.4, -0.2) is 41.4 Å². The van der Waals surface area contributed by atoms with Gasteiger partial charge in [0.2, 0.25) is 0 Å². The molecule has 0 atom stereocenters. The Balaban J connectivity index is 3.45. The number of carbonyl (C=O) groups is 3. The van der Waals surface area contributed by atoms with Crippen molar-refractivity contribution < 1.29 is 28.6 Å². The van der Waals surface area contributed by atoms with Gasteiger partial charge in [-0.05, 0) is 53.2 Å². The summed E-state index contributed by atoms with van der Waals surface area (Å²) in [7, 11) is 1.16. The third kappa shape index (κ3) is 7.52. The molecule has 0 aromatic heterocycles. The maximum atomic E-state index is 12.7. The molecule has 0 heterocycles. The molecule has 1 aromatic rings. The van der Waals surface area contributed by atoms with Crippen LogP contribution in [0.25, 0.3) is 6.08 Å². The number of rotatable bonds is 3. The number of methoxy groups -OCH3 is 1. The number of nitrogens with zero attached hydrogens (tertiary/aromatic N) is 1. The van der Waals surface area contributed by atoms with Crippen LogP contribution in [0.15, 0.2) is 36.0 Å². The van der Waals surface area contributed by atoms with E-state index in [-0.39, 0.29) is 5.70 Å². The fourth-order valence-corrected chi connectivity index (χ4v) is 1.91. The highest BCUT2D eigenvalue weighted by molar-refractivity contribution is 6.04. The minimum absolute atomic E-state index is 0.313. The van der Waals surface area contributed by atoms with Crippen molar-refractivity contribution in [1.82, 2.24) is 4.90 Å². The largest absolute Gasteiger partial charge is 0.464 e. The number of esters is 1. The number of hydrogen-bond donors (Lipinski definition) is 0. The number of amides is 2. The third-order valence-electron chi connectivity index (χ3n) is 2.89. The van der Waals surface area contributed by atoms with Crippen molar-refractivity contribution in [2.24, 2.45) is 0 Å². The van der Waals surface area contributed by atoms with Gasteiger partial charge in [0.15, 0.2) is 0 Å². The molecule has 148 valence electrons. The van der Waals surface area contributed by atoms with E-state index in [1.54, 1.807) is 71.9 Å². The molecule has 0 fully saturated rings. The van der Waals surface area contributed by atoms with Crippen molar-refractivity contribution in [3.05, 3.63) is 41.6 Å². The van der Waals surface area contributed by atoms with E-state index in [2.05, 4.69) is 0 Å². The predicted molar refractivity (Wildman–Crippen MR) is 101 cm³/mol.